The fourth-order valence-electron chi connectivity index (χ4n) is 4.51. The van der Waals surface area contributed by atoms with Crippen LogP contribution in [-0.4, -0.2) is 41.3 Å². The summed E-state index contributed by atoms with van der Waals surface area (Å²) in [5, 5.41) is 5.47. The van der Waals surface area contributed by atoms with E-state index in [1.54, 1.807) is 0 Å². The first kappa shape index (κ1) is 22.3. The normalized spacial score (nSPS) is 19.3. The zero-order chi connectivity index (χ0) is 23.1. The topological polar surface area (TPSA) is 61.0 Å². The third-order valence-electron chi connectivity index (χ3n) is 5.94. The predicted molar refractivity (Wildman–Crippen MR) is 138 cm³/mol. The van der Waals surface area contributed by atoms with Crippen LogP contribution in [0.2, 0.25) is 10.0 Å². The third-order valence-corrected chi connectivity index (χ3v) is 7.03. The van der Waals surface area contributed by atoms with Crippen LogP contribution in [0, 0.1) is 0 Å². The van der Waals surface area contributed by atoms with Gasteiger partial charge in [-0.1, -0.05) is 59.2 Å². The number of benzene rings is 2. The van der Waals surface area contributed by atoms with E-state index in [2.05, 4.69) is 28.3 Å². The van der Waals surface area contributed by atoms with Gasteiger partial charge in [-0.25, -0.2) is 4.98 Å². The molecule has 3 heterocycles. The quantitative estimate of drug-likeness (QED) is 0.362. The first-order valence-corrected chi connectivity index (χ1v) is 12.5. The molecule has 0 bridgehead atoms. The first-order valence-electron chi connectivity index (χ1n) is 10.5. The minimum absolute atomic E-state index is 0.125. The molecule has 1 atom stereocenters. The molecule has 0 spiro atoms. The lowest BCUT2D eigenvalue weighted by molar-refractivity contribution is 0.375. The first-order chi connectivity index (χ1) is 15.9. The maximum atomic E-state index is 13.2. The molecule has 0 radical (unpaired) electrons. The van der Waals surface area contributed by atoms with Crippen molar-refractivity contribution in [2.75, 3.05) is 31.7 Å². The van der Waals surface area contributed by atoms with E-state index in [0.29, 0.717) is 26.6 Å². The molecule has 0 saturated carbocycles. The molecule has 33 heavy (non-hydrogen) atoms. The van der Waals surface area contributed by atoms with Gasteiger partial charge < -0.3 is 10.3 Å². The van der Waals surface area contributed by atoms with E-state index in [9.17, 15) is 4.79 Å². The molecule has 0 aliphatic carbocycles. The summed E-state index contributed by atoms with van der Waals surface area (Å²) in [5.41, 5.74) is 5.90. The molecular formula is C25H22Cl2N4OS. The van der Waals surface area contributed by atoms with Crippen molar-refractivity contribution in [3.8, 4) is 0 Å². The van der Waals surface area contributed by atoms with Crippen molar-refractivity contribution in [1.29, 1.82) is 0 Å². The van der Waals surface area contributed by atoms with Crippen LogP contribution in [0.3, 0.4) is 0 Å². The Kier molecular flexibility index (Phi) is 6.10. The van der Waals surface area contributed by atoms with Gasteiger partial charge in [0.2, 0.25) is 0 Å². The predicted octanol–water partition coefficient (Wildman–Crippen LogP) is 5.64. The number of H-pyrrole nitrogens is 1. The van der Waals surface area contributed by atoms with Crippen molar-refractivity contribution in [2.24, 2.45) is 0 Å². The summed E-state index contributed by atoms with van der Waals surface area (Å²) < 4.78 is 0. The maximum absolute atomic E-state index is 13.2. The fraction of sp³-hybridized carbons (Fsp3) is 0.200. The Labute approximate surface area is 206 Å². The van der Waals surface area contributed by atoms with Gasteiger partial charge in [-0.3, -0.25) is 9.69 Å². The van der Waals surface area contributed by atoms with E-state index in [1.165, 1.54) is 11.8 Å². The number of halogens is 2. The van der Waals surface area contributed by atoms with Gasteiger partial charge in [0.25, 0.3) is 5.56 Å². The highest BCUT2D eigenvalue weighted by Gasteiger charge is 2.36. The molecule has 5 nitrogen and oxygen atoms in total. The average molecular weight is 497 g/mol. The molecule has 1 aromatic heterocycles. The largest absolute Gasteiger partial charge is 0.339 e. The van der Waals surface area contributed by atoms with Gasteiger partial charge in [-0.2, -0.15) is 0 Å². The maximum Gasteiger partial charge on any atom is 0.257 e. The lowest BCUT2D eigenvalue weighted by Gasteiger charge is -2.38. The van der Waals surface area contributed by atoms with Crippen molar-refractivity contribution >= 4 is 46.9 Å². The third kappa shape index (κ3) is 4.36. The second-order valence-corrected chi connectivity index (χ2v) is 9.91. The van der Waals surface area contributed by atoms with Gasteiger partial charge in [-0.15, -0.1) is 0 Å². The summed E-state index contributed by atoms with van der Waals surface area (Å²) in [6.07, 6.45) is 4.07. The van der Waals surface area contributed by atoms with Crippen molar-refractivity contribution < 1.29 is 0 Å². The molecule has 0 amide bonds. The lowest BCUT2D eigenvalue weighted by Crippen LogP contribution is -2.38. The van der Waals surface area contributed by atoms with Crippen LogP contribution in [0.5, 0.6) is 0 Å². The highest BCUT2D eigenvalue weighted by Crippen LogP contribution is 2.43. The number of anilines is 1. The number of nitrogens with zero attached hydrogens (tertiary/aromatic N) is 2. The minimum atomic E-state index is -0.225. The number of likely N-dealkylation sites (N-methyl/N-ethyl adjacent to an activating group) is 1. The molecule has 0 fully saturated rings. The van der Waals surface area contributed by atoms with E-state index < -0.39 is 0 Å². The number of rotatable bonds is 3. The smallest absolute Gasteiger partial charge is 0.257 e. The van der Waals surface area contributed by atoms with E-state index in [4.69, 9.17) is 28.2 Å². The summed E-state index contributed by atoms with van der Waals surface area (Å²) >= 11 is 13.7. The molecule has 3 aromatic rings. The molecule has 2 aromatic carbocycles. The van der Waals surface area contributed by atoms with Gasteiger partial charge in [0.1, 0.15) is 5.82 Å². The molecule has 168 valence electrons. The summed E-state index contributed by atoms with van der Waals surface area (Å²) in [6.45, 7) is 1.51. The zero-order valence-corrected chi connectivity index (χ0v) is 20.5. The summed E-state index contributed by atoms with van der Waals surface area (Å²) in [4.78, 5) is 23.1. The van der Waals surface area contributed by atoms with Gasteiger partial charge in [0.15, 0.2) is 5.16 Å². The van der Waals surface area contributed by atoms with Gasteiger partial charge in [-0.05, 0) is 65.9 Å². The standard InChI is InChI=1S/C25H22Cl2N4OS/c1-31-12-16(11-14-3-7-17(26)8-4-14)22-19(13-31)20(15-5-9-18(27)10-6-15)21-23(28-22)29-25(33-2)30-24(21)32/h3-11,20H,12-13H2,1-2H3,(H2,28,29,30,32)/b16-11+. The monoisotopic (exact) mass is 496 g/mol. The van der Waals surface area contributed by atoms with E-state index in [1.807, 2.05) is 54.8 Å². The second kappa shape index (κ2) is 9.03. The van der Waals surface area contributed by atoms with Crippen LogP contribution in [0.4, 0.5) is 5.82 Å². The average Bonchev–Trinajstić information content (AvgIpc) is 2.80. The number of aromatic amines is 1. The molecule has 8 heteroatoms. The molecular weight excluding hydrogens is 475 g/mol. The minimum Gasteiger partial charge on any atom is -0.339 e. The highest BCUT2D eigenvalue weighted by molar-refractivity contribution is 7.98. The van der Waals surface area contributed by atoms with Crippen molar-refractivity contribution in [2.45, 2.75) is 11.1 Å². The van der Waals surface area contributed by atoms with Crippen LogP contribution in [0.1, 0.15) is 22.6 Å². The van der Waals surface area contributed by atoms with E-state index in [-0.39, 0.29) is 11.5 Å². The fourth-order valence-corrected chi connectivity index (χ4v) is 5.14. The molecule has 0 saturated heterocycles. The zero-order valence-electron chi connectivity index (χ0n) is 18.2. The Bertz CT molecular complexity index is 1330. The van der Waals surface area contributed by atoms with Crippen molar-refractivity contribution in [3.05, 3.63) is 102 Å². The van der Waals surface area contributed by atoms with Gasteiger partial charge in [0.05, 0.1) is 5.56 Å². The number of nitrogens with one attached hydrogen (secondary N) is 2. The molecule has 5 rings (SSSR count). The van der Waals surface area contributed by atoms with Crippen molar-refractivity contribution in [1.82, 2.24) is 14.9 Å². The summed E-state index contributed by atoms with van der Waals surface area (Å²) in [7, 11) is 2.09. The lowest BCUT2D eigenvalue weighted by atomic mass is 9.79. The van der Waals surface area contributed by atoms with Crippen molar-refractivity contribution in [3.63, 3.8) is 0 Å². The van der Waals surface area contributed by atoms with Crippen LogP contribution in [0.15, 0.2) is 75.3 Å². The second-order valence-electron chi connectivity index (χ2n) is 8.24. The number of fused-ring (bicyclic) bond motifs is 1. The van der Waals surface area contributed by atoms with E-state index in [0.717, 1.165) is 41.1 Å². The highest BCUT2D eigenvalue weighted by atomic mass is 35.5. The Morgan fingerprint density at radius 2 is 1.73 bits per heavy atom. The Morgan fingerprint density at radius 3 is 2.39 bits per heavy atom. The Morgan fingerprint density at radius 1 is 1.06 bits per heavy atom. The Hall–Kier alpha value is -2.51. The van der Waals surface area contributed by atoms with Crippen LogP contribution >= 0.6 is 35.0 Å². The molecule has 2 aliphatic heterocycles. The summed E-state index contributed by atoms with van der Waals surface area (Å²) in [6, 6.07) is 15.5. The van der Waals surface area contributed by atoms with Gasteiger partial charge in [0, 0.05) is 34.7 Å². The molecule has 1 unspecified atom stereocenters. The SMILES string of the molecule is CSc1nc2c(c(=O)[nH]1)C(c1ccc(Cl)cc1)C1=C(N2)/C(=C/c2ccc(Cl)cc2)CN(C)C1. The molecule has 2 aliphatic rings. The number of hydrogen-bond donors (Lipinski definition) is 2. The Balaban J connectivity index is 1.72. The van der Waals surface area contributed by atoms with Crippen LogP contribution < -0.4 is 10.9 Å². The van der Waals surface area contributed by atoms with Crippen LogP contribution in [-0.2, 0) is 0 Å². The van der Waals surface area contributed by atoms with Crippen LogP contribution in [0.25, 0.3) is 6.08 Å². The number of hydrogen-bond acceptors (Lipinski definition) is 5. The van der Waals surface area contributed by atoms with E-state index >= 15 is 0 Å². The number of thioether (sulfide) groups is 1. The molecule has 2 N–H and O–H groups in total. The number of aromatic nitrogens is 2. The van der Waals surface area contributed by atoms with Gasteiger partial charge >= 0.3 is 0 Å². The summed E-state index contributed by atoms with van der Waals surface area (Å²) in [5.74, 6) is 0.380.